The summed E-state index contributed by atoms with van der Waals surface area (Å²) < 4.78 is 5.73. The zero-order chi connectivity index (χ0) is 14.7. The number of hydrogen-bond acceptors (Lipinski definition) is 4. The van der Waals surface area contributed by atoms with E-state index in [0.29, 0.717) is 12.6 Å². The molecule has 0 bridgehead atoms. The van der Waals surface area contributed by atoms with Crippen LogP contribution in [-0.4, -0.2) is 30.8 Å². The van der Waals surface area contributed by atoms with Crippen LogP contribution in [0, 0.1) is 0 Å². The van der Waals surface area contributed by atoms with E-state index in [1.807, 2.05) is 0 Å². The van der Waals surface area contributed by atoms with Crippen LogP contribution in [0.4, 0.5) is 5.82 Å². The van der Waals surface area contributed by atoms with Gasteiger partial charge >= 0.3 is 0 Å². The van der Waals surface area contributed by atoms with Gasteiger partial charge in [-0.3, -0.25) is 0 Å². The molecular formula is C17H23N3O. The highest BCUT2D eigenvalue weighted by molar-refractivity contribution is 5.92. The van der Waals surface area contributed by atoms with Crippen molar-refractivity contribution < 1.29 is 4.74 Å². The predicted molar refractivity (Wildman–Crippen MR) is 86.5 cm³/mol. The third-order valence-corrected chi connectivity index (χ3v) is 4.13. The highest BCUT2D eigenvalue weighted by Crippen LogP contribution is 2.28. The highest BCUT2D eigenvalue weighted by atomic mass is 16.5. The first-order valence-corrected chi connectivity index (χ1v) is 7.77. The van der Waals surface area contributed by atoms with Crippen molar-refractivity contribution in [2.45, 2.75) is 32.4 Å². The number of aromatic nitrogens is 1. The molecule has 1 aromatic carbocycles. The quantitative estimate of drug-likeness (QED) is 0.938. The van der Waals surface area contributed by atoms with Crippen molar-refractivity contribution >= 4 is 16.6 Å². The van der Waals surface area contributed by atoms with Gasteiger partial charge < -0.3 is 15.4 Å². The molecule has 3 rings (SSSR count). The van der Waals surface area contributed by atoms with Gasteiger partial charge in [-0.1, -0.05) is 24.3 Å². The van der Waals surface area contributed by atoms with Crippen LogP contribution in [0.5, 0.6) is 0 Å². The van der Waals surface area contributed by atoms with Crippen molar-refractivity contribution in [2.24, 2.45) is 5.73 Å². The van der Waals surface area contributed by atoms with Gasteiger partial charge in [-0.2, -0.15) is 0 Å². The third kappa shape index (κ3) is 3.01. The molecular weight excluding hydrogens is 262 g/mol. The second-order valence-electron chi connectivity index (χ2n) is 5.50. The van der Waals surface area contributed by atoms with Crippen LogP contribution in [0.3, 0.4) is 0 Å². The first-order chi connectivity index (χ1) is 10.3. The number of hydrogen-bond donors (Lipinski definition) is 1. The third-order valence-electron chi connectivity index (χ3n) is 4.13. The number of nitrogens with two attached hydrogens (primary N) is 1. The Kier molecular flexibility index (Phi) is 4.36. The minimum Gasteiger partial charge on any atom is -0.378 e. The standard InChI is InChI=1S/C17H23N3O/c1-2-21-15-7-9-20(10-8-15)17-16-6-4-3-5-13(16)11-14(12-18)19-17/h3-6,11,15H,2,7-10,12,18H2,1H3. The van der Waals surface area contributed by atoms with Crippen LogP contribution in [0.15, 0.2) is 30.3 Å². The normalized spacial score (nSPS) is 16.6. The number of ether oxygens (including phenoxy) is 1. The van der Waals surface area contributed by atoms with E-state index in [0.717, 1.165) is 44.0 Å². The summed E-state index contributed by atoms with van der Waals surface area (Å²) in [6.45, 7) is 5.33. The van der Waals surface area contributed by atoms with Crippen LogP contribution < -0.4 is 10.6 Å². The Bertz CT molecular complexity index is 606. The molecule has 1 aliphatic heterocycles. The number of benzene rings is 1. The van der Waals surface area contributed by atoms with Gasteiger partial charge in [-0.05, 0) is 31.2 Å². The smallest absolute Gasteiger partial charge is 0.136 e. The molecule has 0 amide bonds. The molecule has 0 saturated carbocycles. The fraction of sp³-hybridized carbons (Fsp3) is 0.471. The molecule has 1 fully saturated rings. The van der Waals surface area contributed by atoms with Crippen LogP contribution in [-0.2, 0) is 11.3 Å². The Hall–Kier alpha value is -1.65. The van der Waals surface area contributed by atoms with Crippen molar-refractivity contribution in [3.8, 4) is 0 Å². The second kappa shape index (κ2) is 6.41. The zero-order valence-corrected chi connectivity index (χ0v) is 12.6. The van der Waals surface area contributed by atoms with E-state index in [4.69, 9.17) is 15.5 Å². The Morgan fingerprint density at radius 2 is 2.05 bits per heavy atom. The van der Waals surface area contributed by atoms with Gasteiger partial charge in [0.2, 0.25) is 0 Å². The molecule has 1 aliphatic rings. The average molecular weight is 285 g/mol. The molecule has 0 spiro atoms. The highest BCUT2D eigenvalue weighted by Gasteiger charge is 2.21. The topological polar surface area (TPSA) is 51.4 Å². The van der Waals surface area contributed by atoms with E-state index >= 15 is 0 Å². The number of piperidine rings is 1. The summed E-state index contributed by atoms with van der Waals surface area (Å²) in [5.41, 5.74) is 6.75. The maximum absolute atomic E-state index is 5.80. The van der Waals surface area contributed by atoms with Crippen molar-refractivity contribution in [1.82, 2.24) is 4.98 Å². The van der Waals surface area contributed by atoms with E-state index in [1.54, 1.807) is 0 Å². The number of fused-ring (bicyclic) bond motifs is 1. The monoisotopic (exact) mass is 285 g/mol. The van der Waals surface area contributed by atoms with Gasteiger partial charge in [0.05, 0.1) is 11.8 Å². The summed E-state index contributed by atoms with van der Waals surface area (Å²) in [6.07, 6.45) is 2.53. The molecule has 21 heavy (non-hydrogen) atoms. The van der Waals surface area contributed by atoms with Gasteiger partial charge in [0.25, 0.3) is 0 Å². The van der Waals surface area contributed by atoms with Crippen molar-refractivity contribution in [3.63, 3.8) is 0 Å². The SMILES string of the molecule is CCOC1CCN(c2nc(CN)cc3ccccc23)CC1. The van der Waals surface area contributed by atoms with Crippen LogP contribution >= 0.6 is 0 Å². The van der Waals surface area contributed by atoms with Crippen molar-refractivity contribution in [1.29, 1.82) is 0 Å². The molecule has 2 aromatic rings. The fourth-order valence-electron chi connectivity index (χ4n) is 3.05. The average Bonchev–Trinajstić information content (AvgIpc) is 2.55. The lowest BCUT2D eigenvalue weighted by Gasteiger charge is -2.33. The number of anilines is 1. The largest absolute Gasteiger partial charge is 0.378 e. The van der Waals surface area contributed by atoms with E-state index in [1.165, 1.54) is 10.8 Å². The minimum atomic E-state index is 0.398. The molecule has 4 nitrogen and oxygen atoms in total. The van der Waals surface area contributed by atoms with Crippen molar-refractivity contribution in [2.75, 3.05) is 24.6 Å². The van der Waals surface area contributed by atoms with E-state index in [9.17, 15) is 0 Å². The Labute approximate surface area is 125 Å². The maximum atomic E-state index is 5.80. The van der Waals surface area contributed by atoms with Gasteiger partial charge in [0.15, 0.2) is 0 Å². The Morgan fingerprint density at radius 1 is 1.29 bits per heavy atom. The molecule has 112 valence electrons. The lowest BCUT2D eigenvalue weighted by Crippen LogP contribution is -2.37. The first kappa shape index (κ1) is 14.3. The molecule has 1 aromatic heterocycles. The molecule has 2 N–H and O–H groups in total. The van der Waals surface area contributed by atoms with E-state index in [-0.39, 0.29) is 0 Å². The second-order valence-corrected chi connectivity index (χ2v) is 5.50. The maximum Gasteiger partial charge on any atom is 0.136 e. The van der Waals surface area contributed by atoms with Gasteiger partial charge in [0, 0.05) is 31.6 Å². The lowest BCUT2D eigenvalue weighted by atomic mass is 10.1. The summed E-state index contributed by atoms with van der Waals surface area (Å²) in [6, 6.07) is 10.5. The van der Waals surface area contributed by atoms with Gasteiger partial charge in [-0.25, -0.2) is 4.98 Å². The predicted octanol–water partition coefficient (Wildman–Crippen LogP) is 2.70. The summed E-state index contributed by atoms with van der Waals surface area (Å²) in [7, 11) is 0. The zero-order valence-electron chi connectivity index (χ0n) is 12.6. The molecule has 4 heteroatoms. The molecule has 0 atom stereocenters. The fourth-order valence-corrected chi connectivity index (χ4v) is 3.05. The minimum absolute atomic E-state index is 0.398. The van der Waals surface area contributed by atoms with Crippen LogP contribution in [0.2, 0.25) is 0 Å². The Balaban J connectivity index is 1.89. The molecule has 2 heterocycles. The number of rotatable bonds is 4. The number of nitrogens with zero attached hydrogens (tertiary/aromatic N) is 2. The summed E-state index contributed by atoms with van der Waals surface area (Å²) in [5.74, 6) is 1.07. The molecule has 0 unspecified atom stereocenters. The van der Waals surface area contributed by atoms with Crippen LogP contribution in [0.1, 0.15) is 25.5 Å². The Morgan fingerprint density at radius 3 is 2.76 bits per heavy atom. The summed E-state index contributed by atoms with van der Waals surface area (Å²) in [4.78, 5) is 7.15. The van der Waals surface area contributed by atoms with Crippen LogP contribution in [0.25, 0.3) is 10.8 Å². The first-order valence-electron chi connectivity index (χ1n) is 7.77. The lowest BCUT2D eigenvalue weighted by molar-refractivity contribution is 0.0459. The molecule has 0 radical (unpaired) electrons. The van der Waals surface area contributed by atoms with Crippen molar-refractivity contribution in [3.05, 3.63) is 36.0 Å². The van der Waals surface area contributed by atoms with E-state index < -0.39 is 0 Å². The van der Waals surface area contributed by atoms with Gasteiger partial charge in [0.1, 0.15) is 5.82 Å². The molecule has 0 aliphatic carbocycles. The van der Waals surface area contributed by atoms with E-state index in [2.05, 4.69) is 42.2 Å². The summed E-state index contributed by atoms with van der Waals surface area (Å²) >= 11 is 0. The summed E-state index contributed by atoms with van der Waals surface area (Å²) in [5, 5.41) is 2.43. The molecule has 1 saturated heterocycles. The number of pyridine rings is 1. The van der Waals surface area contributed by atoms with Gasteiger partial charge in [-0.15, -0.1) is 0 Å².